The van der Waals surface area contributed by atoms with Gasteiger partial charge in [0.15, 0.2) is 0 Å². The van der Waals surface area contributed by atoms with Crippen molar-refractivity contribution in [1.82, 2.24) is 4.41 Å². The first kappa shape index (κ1) is 16.2. The molecular weight excluding hydrogens is 296 g/mol. The number of hydrogen-bond donors (Lipinski definition) is 0. The van der Waals surface area contributed by atoms with E-state index in [0.29, 0.717) is 0 Å². The molecule has 0 saturated carbocycles. The number of benzene rings is 2. The molecule has 0 bridgehead atoms. The van der Waals surface area contributed by atoms with Crippen molar-refractivity contribution in [3.05, 3.63) is 65.7 Å². The summed E-state index contributed by atoms with van der Waals surface area (Å²) >= 11 is 0. The molecule has 0 N–H and O–H groups in total. The van der Waals surface area contributed by atoms with E-state index in [0.717, 1.165) is 15.5 Å². The lowest BCUT2D eigenvalue weighted by molar-refractivity contribution is 0.372. The van der Waals surface area contributed by atoms with Crippen molar-refractivity contribution in [1.29, 1.82) is 0 Å². The number of hydrogen-bond acceptors (Lipinski definition) is 3. The molecule has 0 aliphatic rings. The molecule has 22 heavy (non-hydrogen) atoms. The van der Waals surface area contributed by atoms with Crippen LogP contribution in [0.25, 0.3) is 0 Å². The van der Waals surface area contributed by atoms with Crippen LogP contribution in [-0.4, -0.2) is 25.1 Å². The Balaban J connectivity index is 2.35. The first-order chi connectivity index (χ1) is 10.4. The molecule has 116 valence electrons. The number of rotatable bonds is 5. The lowest BCUT2D eigenvalue weighted by Gasteiger charge is -2.22. The molecule has 0 fully saturated rings. The Kier molecular flexibility index (Phi) is 4.98. The van der Waals surface area contributed by atoms with Crippen molar-refractivity contribution in [3.63, 3.8) is 0 Å². The van der Waals surface area contributed by atoms with Crippen molar-refractivity contribution >= 4 is 16.2 Å². The summed E-state index contributed by atoms with van der Waals surface area (Å²) in [4.78, 5) is 0.247. The molecule has 5 heteroatoms. The normalized spacial score (nSPS) is 12.0. The van der Waals surface area contributed by atoms with Gasteiger partial charge in [0, 0.05) is 0 Å². The highest BCUT2D eigenvalue weighted by atomic mass is 32.2. The Morgan fingerprint density at radius 2 is 1.59 bits per heavy atom. The lowest BCUT2D eigenvalue weighted by atomic mass is 10.2. The van der Waals surface area contributed by atoms with Crippen LogP contribution < -0.4 is 0 Å². The number of nitrogens with zero attached hydrogens (tertiary/aromatic N) is 2. The smallest absolute Gasteiger partial charge is 0.200 e. The zero-order valence-electron chi connectivity index (χ0n) is 13.0. The Labute approximate surface area is 132 Å². The third kappa shape index (κ3) is 3.74. The van der Waals surface area contributed by atoms with Crippen LogP contribution in [-0.2, 0) is 10.0 Å². The maximum atomic E-state index is 12.7. The van der Waals surface area contributed by atoms with Crippen LogP contribution in [0.1, 0.15) is 25.0 Å². The molecule has 2 aromatic carbocycles. The van der Waals surface area contributed by atoms with Crippen LogP contribution in [0.4, 0.5) is 0 Å². The van der Waals surface area contributed by atoms with Crippen LogP contribution in [0.15, 0.2) is 64.6 Å². The average molecular weight is 316 g/mol. The molecular formula is C17H20N2O2S. The monoisotopic (exact) mass is 316 g/mol. The predicted octanol–water partition coefficient (Wildman–Crippen LogP) is 3.43. The molecule has 0 atom stereocenters. The summed E-state index contributed by atoms with van der Waals surface area (Å²) in [6.45, 7) is 5.52. The van der Waals surface area contributed by atoms with Gasteiger partial charge in [-0.15, -0.1) is 0 Å². The van der Waals surface area contributed by atoms with Gasteiger partial charge < -0.3 is 0 Å². The Bertz CT molecular complexity index is 736. The van der Waals surface area contributed by atoms with Gasteiger partial charge in [0.1, 0.15) is 0 Å². The molecule has 2 rings (SSSR count). The molecule has 2 aromatic rings. The summed E-state index contributed by atoms with van der Waals surface area (Å²) in [6, 6.07) is 15.9. The minimum atomic E-state index is -3.65. The van der Waals surface area contributed by atoms with Gasteiger partial charge in [-0.25, -0.2) is 0 Å². The third-order valence-electron chi connectivity index (χ3n) is 3.13. The zero-order valence-corrected chi connectivity index (χ0v) is 13.8. The van der Waals surface area contributed by atoms with Crippen molar-refractivity contribution in [2.45, 2.75) is 31.7 Å². The van der Waals surface area contributed by atoms with Crippen LogP contribution in [0, 0.1) is 6.92 Å². The van der Waals surface area contributed by atoms with Crippen LogP contribution >= 0.6 is 0 Å². The largest absolute Gasteiger partial charge is 0.279 e. The van der Waals surface area contributed by atoms with Crippen molar-refractivity contribution in [3.8, 4) is 0 Å². The maximum absolute atomic E-state index is 12.7. The zero-order chi connectivity index (χ0) is 16.2. The summed E-state index contributed by atoms with van der Waals surface area (Å²) in [5.41, 5.74) is 1.87. The highest BCUT2D eigenvalue weighted by molar-refractivity contribution is 7.89. The van der Waals surface area contributed by atoms with E-state index in [2.05, 4.69) is 5.10 Å². The second kappa shape index (κ2) is 6.75. The number of aryl methyl sites for hydroxylation is 1. The van der Waals surface area contributed by atoms with Crippen LogP contribution in [0.3, 0.4) is 0 Å². The molecule has 0 radical (unpaired) electrons. The molecule has 0 saturated heterocycles. The van der Waals surface area contributed by atoms with Crippen LogP contribution in [0.2, 0.25) is 0 Å². The van der Waals surface area contributed by atoms with E-state index < -0.39 is 10.0 Å². The fraction of sp³-hybridized carbons (Fsp3) is 0.235. The average Bonchev–Trinajstić information content (AvgIpc) is 2.48. The minimum absolute atomic E-state index is 0.247. The van der Waals surface area contributed by atoms with E-state index in [1.807, 2.05) is 37.3 Å². The molecule has 0 heterocycles. The van der Waals surface area contributed by atoms with E-state index >= 15 is 0 Å². The Morgan fingerprint density at radius 3 is 2.14 bits per heavy atom. The van der Waals surface area contributed by atoms with Gasteiger partial charge in [0.25, 0.3) is 10.0 Å². The van der Waals surface area contributed by atoms with E-state index in [-0.39, 0.29) is 10.9 Å². The summed E-state index contributed by atoms with van der Waals surface area (Å²) in [6.07, 6.45) is 1.56. The second-order valence-corrected chi connectivity index (χ2v) is 7.14. The highest BCUT2D eigenvalue weighted by Gasteiger charge is 2.25. The summed E-state index contributed by atoms with van der Waals surface area (Å²) in [5, 5.41) is 4.18. The molecule has 0 aromatic heterocycles. The fourth-order valence-electron chi connectivity index (χ4n) is 1.95. The van der Waals surface area contributed by atoms with Gasteiger partial charge in [0.05, 0.1) is 17.2 Å². The van der Waals surface area contributed by atoms with E-state index in [1.54, 1.807) is 44.3 Å². The van der Waals surface area contributed by atoms with Gasteiger partial charge in [-0.3, -0.25) is 0 Å². The van der Waals surface area contributed by atoms with Gasteiger partial charge in [0.2, 0.25) is 0 Å². The minimum Gasteiger partial charge on any atom is -0.200 e. The Hall–Kier alpha value is -2.14. The Morgan fingerprint density at radius 1 is 1.00 bits per heavy atom. The number of hydrazone groups is 1. The summed E-state index contributed by atoms with van der Waals surface area (Å²) in [7, 11) is -3.65. The van der Waals surface area contributed by atoms with Gasteiger partial charge in [-0.1, -0.05) is 48.0 Å². The first-order valence-corrected chi connectivity index (χ1v) is 8.55. The predicted molar refractivity (Wildman–Crippen MR) is 89.4 cm³/mol. The summed E-state index contributed by atoms with van der Waals surface area (Å²) < 4.78 is 26.6. The molecule has 0 unspecified atom stereocenters. The topological polar surface area (TPSA) is 49.7 Å². The van der Waals surface area contributed by atoms with Crippen molar-refractivity contribution < 1.29 is 8.42 Å². The molecule has 0 spiro atoms. The van der Waals surface area contributed by atoms with Crippen molar-refractivity contribution in [2.75, 3.05) is 0 Å². The SMILES string of the molecule is Cc1ccc(S(=O)(=O)N(/N=C/c2ccccc2)C(C)C)cc1. The van der Waals surface area contributed by atoms with Gasteiger partial charge >= 0.3 is 0 Å². The highest BCUT2D eigenvalue weighted by Crippen LogP contribution is 2.19. The maximum Gasteiger partial charge on any atom is 0.279 e. The van der Waals surface area contributed by atoms with Gasteiger partial charge in [-0.2, -0.15) is 17.9 Å². The second-order valence-electron chi connectivity index (χ2n) is 5.34. The molecule has 0 aliphatic heterocycles. The van der Waals surface area contributed by atoms with E-state index in [4.69, 9.17) is 0 Å². The fourth-order valence-corrected chi connectivity index (χ4v) is 3.38. The van der Waals surface area contributed by atoms with E-state index in [1.165, 1.54) is 0 Å². The van der Waals surface area contributed by atoms with Crippen molar-refractivity contribution in [2.24, 2.45) is 5.10 Å². The summed E-state index contributed by atoms with van der Waals surface area (Å²) in [5.74, 6) is 0. The molecule has 0 aliphatic carbocycles. The molecule has 0 amide bonds. The standard InChI is InChI=1S/C17H20N2O2S/c1-14(2)19(18-13-16-7-5-4-6-8-16)22(20,21)17-11-9-15(3)10-12-17/h4-14H,1-3H3/b18-13+. The number of sulfonamides is 1. The quantitative estimate of drug-likeness (QED) is 0.627. The molecule has 4 nitrogen and oxygen atoms in total. The first-order valence-electron chi connectivity index (χ1n) is 7.11. The van der Waals surface area contributed by atoms with E-state index in [9.17, 15) is 8.42 Å². The van der Waals surface area contributed by atoms with Crippen LogP contribution in [0.5, 0.6) is 0 Å². The third-order valence-corrected chi connectivity index (χ3v) is 5.00. The lowest BCUT2D eigenvalue weighted by Crippen LogP contribution is -2.32. The van der Waals surface area contributed by atoms with Gasteiger partial charge in [-0.05, 0) is 38.5 Å².